The Morgan fingerprint density at radius 1 is 1.10 bits per heavy atom. The van der Waals surface area contributed by atoms with Gasteiger partial charge in [-0.15, -0.1) is 0 Å². The molecule has 0 fully saturated rings. The Kier molecular flexibility index (Phi) is 6.37. The van der Waals surface area contributed by atoms with Crippen LogP contribution in [-0.2, 0) is 16.2 Å². The summed E-state index contributed by atoms with van der Waals surface area (Å²) in [6.07, 6.45) is -2.61. The van der Waals surface area contributed by atoms with E-state index >= 15 is 0 Å². The van der Waals surface area contributed by atoms with Crippen LogP contribution < -0.4 is 15.4 Å². The first-order valence-electron chi connectivity index (χ1n) is 9.50. The van der Waals surface area contributed by atoms with Crippen LogP contribution in [0.1, 0.15) is 53.8 Å². The predicted octanol–water partition coefficient (Wildman–Crippen LogP) is 4.03. The summed E-state index contributed by atoms with van der Waals surface area (Å²) in [5.74, 6) is -0.241. The third-order valence-corrected chi connectivity index (χ3v) is 6.22. The van der Waals surface area contributed by atoms with Crippen molar-refractivity contribution >= 4 is 21.6 Å². The summed E-state index contributed by atoms with van der Waals surface area (Å²) in [6.45, 7) is 2.63. The molecule has 0 saturated heterocycles. The highest BCUT2D eigenvalue weighted by molar-refractivity contribution is 7.89. The Hall–Kier alpha value is -2.59. The standard InChI is InChI=1S/C20H22F3N3O3S/c1-2-3-4-11-24-19(27)14-7-5-13(6-8-14)18-25-16-12-15(20(21,22)23)9-10-17(16)30(28,29)26-18/h5-10,12,18,25-26H,2-4,11H2,1H3,(H,24,27)/t18-/m1/s1. The Morgan fingerprint density at radius 2 is 1.80 bits per heavy atom. The monoisotopic (exact) mass is 441 g/mol. The van der Waals surface area contributed by atoms with Crippen molar-refractivity contribution in [1.82, 2.24) is 10.0 Å². The number of hydrogen-bond donors (Lipinski definition) is 3. The zero-order valence-electron chi connectivity index (χ0n) is 16.2. The van der Waals surface area contributed by atoms with Crippen LogP contribution in [0.2, 0.25) is 0 Å². The molecule has 30 heavy (non-hydrogen) atoms. The maximum Gasteiger partial charge on any atom is 0.416 e. The van der Waals surface area contributed by atoms with E-state index in [0.717, 1.165) is 37.5 Å². The number of anilines is 1. The summed E-state index contributed by atoms with van der Waals surface area (Å²) in [7, 11) is -4.00. The van der Waals surface area contributed by atoms with Crippen molar-refractivity contribution in [2.24, 2.45) is 0 Å². The smallest absolute Gasteiger partial charge is 0.364 e. The largest absolute Gasteiger partial charge is 0.416 e. The Morgan fingerprint density at radius 3 is 2.43 bits per heavy atom. The summed E-state index contributed by atoms with van der Waals surface area (Å²) < 4.78 is 66.3. The van der Waals surface area contributed by atoms with Crippen LogP contribution in [0.3, 0.4) is 0 Å². The lowest BCUT2D eigenvalue weighted by molar-refractivity contribution is -0.137. The van der Waals surface area contributed by atoms with Gasteiger partial charge in [-0.2, -0.15) is 17.9 Å². The highest BCUT2D eigenvalue weighted by Crippen LogP contribution is 2.37. The molecule has 162 valence electrons. The van der Waals surface area contributed by atoms with Crippen molar-refractivity contribution in [3.63, 3.8) is 0 Å². The fourth-order valence-electron chi connectivity index (χ4n) is 3.11. The first kappa shape index (κ1) is 22.1. The maximum atomic E-state index is 13.0. The molecule has 0 unspecified atom stereocenters. The molecule has 0 radical (unpaired) electrons. The fraction of sp³-hybridized carbons (Fsp3) is 0.350. The van der Waals surface area contributed by atoms with E-state index < -0.39 is 27.9 Å². The van der Waals surface area contributed by atoms with Gasteiger partial charge in [0.1, 0.15) is 11.1 Å². The SMILES string of the molecule is CCCCCNC(=O)c1ccc([C@@H]2Nc3cc(C(F)(F)F)ccc3S(=O)(=O)N2)cc1. The minimum absolute atomic E-state index is 0.133. The number of sulfonamides is 1. The number of rotatable bonds is 6. The second kappa shape index (κ2) is 8.65. The molecule has 1 amide bonds. The van der Waals surface area contributed by atoms with Crippen molar-refractivity contribution in [3.8, 4) is 0 Å². The van der Waals surface area contributed by atoms with Gasteiger partial charge in [-0.3, -0.25) is 4.79 Å². The minimum atomic E-state index is -4.59. The quantitative estimate of drug-likeness (QED) is 0.591. The molecule has 6 nitrogen and oxygen atoms in total. The van der Waals surface area contributed by atoms with Gasteiger partial charge in [-0.05, 0) is 42.3 Å². The maximum absolute atomic E-state index is 13.0. The molecular weight excluding hydrogens is 419 g/mol. The van der Waals surface area contributed by atoms with Crippen LogP contribution in [0.5, 0.6) is 0 Å². The summed E-state index contributed by atoms with van der Waals surface area (Å²) in [4.78, 5) is 11.9. The average molecular weight is 441 g/mol. The summed E-state index contributed by atoms with van der Waals surface area (Å²) in [5.41, 5.74) is -0.205. The van der Waals surface area contributed by atoms with E-state index in [9.17, 15) is 26.4 Å². The fourth-order valence-corrected chi connectivity index (χ4v) is 4.40. The average Bonchev–Trinajstić information content (AvgIpc) is 2.69. The third kappa shape index (κ3) is 4.93. The lowest BCUT2D eigenvalue weighted by Gasteiger charge is -2.29. The molecule has 0 aromatic heterocycles. The number of carbonyl (C=O) groups is 1. The van der Waals surface area contributed by atoms with E-state index in [1.807, 2.05) is 0 Å². The molecule has 2 aromatic rings. The first-order chi connectivity index (χ1) is 14.1. The number of unbranched alkanes of at least 4 members (excludes halogenated alkanes) is 2. The van der Waals surface area contributed by atoms with Gasteiger partial charge in [-0.1, -0.05) is 31.9 Å². The van der Waals surface area contributed by atoms with Crippen molar-refractivity contribution in [1.29, 1.82) is 0 Å². The zero-order chi connectivity index (χ0) is 21.9. The molecule has 0 saturated carbocycles. The van der Waals surface area contributed by atoms with Crippen molar-refractivity contribution in [3.05, 3.63) is 59.2 Å². The van der Waals surface area contributed by atoms with Crippen molar-refractivity contribution in [2.45, 2.75) is 43.4 Å². The molecular formula is C20H22F3N3O3S. The molecule has 3 rings (SSSR count). The van der Waals surface area contributed by atoms with E-state index in [2.05, 4.69) is 22.3 Å². The summed E-state index contributed by atoms with van der Waals surface area (Å²) in [6, 6.07) is 8.63. The van der Waals surface area contributed by atoms with Crippen LogP contribution >= 0.6 is 0 Å². The first-order valence-corrected chi connectivity index (χ1v) is 11.0. The van der Waals surface area contributed by atoms with Crippen LogP contribution in [0, 0.1) is 0 Å². The number of halogens is 3. The summed E-state index contributed by atoms with van der Waals surface area (Å²) >= 11 is 0. The van der Waals surface area contributed by atoms with Crippen LogP contribution in [-0.4, -0.2) is 20.9 Å². The van der Waals surface area contributed by atoms with Gasteiger partial charge in [0.25, 0.3) is 5.91 Å². The van der Waals surface area contributed by atoms with Gasteiger partial charge in [-0.25, -0.2) is 8.42 Å². The number of hydrogen-bond acceptors (Lipinski definition) is 4. The highest BCUT2D eigenvalue weighted by Gasteiger charge is 2.35. The van der Waals surface area contributed by atoms with Gasteiger partial charge in [0, 0.05) is 12.1 Å². The molecule has 2 aromatic carbocycles. The van der Waals surface area contributed by atoms with E-state index in [4.69, 9.17) is 0 Å². The van der Waals surface area contributed by atoms with Gasteiger partial charge in [0.05, 0.1) is 11.3 Å². The predicted molar refractivity (Wildman–Crippen MR) is 106 cm³/mol. The normalized spacial score (nSPS) is 17.7. The molecule has 1 aliphatic heterocycles. The molecule has 1 aliphatic rings. The van der Waals surface area contributed by atoms with Crippen molar-refractivity contribution in [2.75, 3.05) is 11.9 Å². The molecule has 3 N–H and O–H groups in total. The van der Waals surface area contributed by atoms with Gasteiger partial charge in [0.2, 0.25) is 10.0 Å². The van der Waals surface area contributed by atoms with E-state index in [-0.39, 0.29) is 16.5 Å². The molecule has 0 bridgehead atoms. The Balaban J connectivity index is 1.78. The summed E-state index contributed by atoms with van der Waals surface area (Å²) in [5, 5.41) is 5.59. The Bertz CT molecular complexity index is 1020. The number of alkyl halides is 3. The number of carbonyl (C=O) groups excluding carboxylic acids is 1. The number of fused-ring (bicyclic) bond motifs is 1. The lowest BCUT2D eigenvalue weighted by atomic mass is 10.1. The van der Waals surface area contributed by atoms with Crippen molar-refractivity contribution < 1.29 is 26.4 Å². The molecule has 1 atom stereocenters. The van der Waals surface area contributed by atoms with Gasteiger partial charge in [0.15, 0.2) is 0 Å². The van der Waals surface area contributed by atoms with Crippen LogP contribution in [0.4, 0.5) is 18.9 Å². The second-order valence-corrected chi connectivity index (χ2v) is 8.67. The van der Waals surface area contributed by atoms with E-state index in [1.165, 1.54) is 0 Å². The number of amides is 1. The molecule has 10 heteroatoms. The second-order valence-electron chi connectivity index (χ2n) is 6.99. The topological polar surface area (TPSA) is 87.3 Å². The van der Waals surface area contributed by atoms with E-state index in [0.29, 0.717) is 17.7 Å². The van der Waals surface area contributed by atoms with Gasteiger partial charge < -0.3 is 10.6 Å². The van der Waals surface area contributed by atoms with Gasteiger partial charge >= 0.3 is 6.18 Å². The van der Waals surface area contributed by atoms with Crippen LogP contribution in [0.25, 0.3) is 0 Å². The lowest BCUT2D eigenvalue weighted by Crippen LogP contribution is -2.38. The zero-order valence-corrected chi connectivity index (χ0v) is 17.0. The number of nitrogens with one attached hydrogen (secondary N) is 3. The van der Waals surface area contributed by atoms with E-state index in [1.54, 1.807) is 24.3 Å². The highest BCUT2D eigenvalue weighted by atomic mass is 32.2. The molecule has 1 heterocycles. The molecule has 0 aliphatic carbocycles. The number of benzene rings is 2. The Labute approximate surface area is 172 Å². The van der Waals surface area contributed by atoms with Crippen LogP contribution in [0.15, 0.2) is 47.4 Å². The molecule has 0 spiro atoms. The minimum Gasteiger partial charge on any atom is -0.364 e. The third-order valence-electron chi connectivity index (χ3n) is 4.74.